The first-order valence-corrected chi connectivity index (χ1v) is 6.58. The van der Waals surface area contributed by atoms with E-state index in [0.717, 1.165) is 27.7 Å². The lowest BCUT2D eigenvalue weighted by atomic mass is 10.1. The zero-order chi connectivity index (χ0) is 12.4. The summed E-state index contributed by atoms with van der Waals surface area (Å²) < 4.78 is 0.974. The molecule has 0 aliphatic carbocycles. The fraction of sp³-hybridized carbons (Fsp3) is 0.231. The van der Waals surface area contributed by atoms with Crippen LogP contribution in [0.4, 0.5) is 0 Å². The van der Waals surface area contributed by atoms with Gasteiger partial charge in [-0.2, -0.15) is 0 Å². The van der Waals surface area contributed by atoms with Crippen molar-refractivity contribution in [2.24, 2.45) is 0 Å². The lowest BCUT2D eigenvalue weighted by molar-refractivity contribution is 0.976. The fourth-order valence-electron chi connectivity index (χ4n) is 1.64. The summed E-state index contributed by atoms with van der Waals surface area (Å²) in [4.78, 5) is 8.89. The van der Waals surface area contributed by atoms with E-state index in [1.54, 1.807) is 0 Å². The molecule has 2 rings (SSSR count). The maximum Gasteiger partial charge on any atom is 0.162 e. The Hall–Kier alpha value is -0.930. The van der Waals surface area contributed by atoms with Crippen LogP contribution in [0.3, 0.4) is 0 Å². The number of benzene rings is 1. The van der Waals surface area contributed by atoms with Gasteiger partial charge in [0, 0.05) is 21.3 Å². The molecule has 0 atom stereocenters. The molecule has 0 saturated carbocycles. The highest BCUT2D eigenvalue weighted by Crippen LogP contribution is 2.27. The van der Waals surface area contributed by atoms with Crippen molar-refractivity contribution < 1.29 is 0 Å². The lowest BCUT2D eigenvalue weighted by Crippen LogP contribution is -1.99. The van der Waals surface area contributed by atoms with Crippen molar-refractivity contribution in [1.29, 1.82) is 0 Å². The van der Waals surface area contributed by atoms with Crippen LogP contribution in [0.5, 0.6) is 0 Å². The molecule has 88 valence electrons. The Morgan fingerprint density at radius 2 is 1.94 bits per heavy atom. The van der Waals surface area contributed by atoms with Gasteiger partial charge in [-0.05, 0) is 19.4 Å². The van der Waals surface area contributed by atoms with Gasteiger partial charge in [-0.15, -0.1) is 0 Å². The van der Waals surface area contributed by atoms with E-state index in [4.69, 9.17) is 11.6 Å². The molecule has 0 N–H and O–H groups in total. The van der Waals surface area contributed by atoms with Gasteiger partial charge in [0.15, 0.2) is 5.82 Å². The van der Waals surface area contributed by atoms with E-state index in [2.05, 4.69) is 32.8 Å². The Morgan fingerprint density at radius 3 is 2.59 bits per heavy atom. The fourth-order valence-corrected chi connectivity index (χ4v) is 2.29. The predicted octanol–water partition coefficient (Wildman–Crippen LogP) is 4.43. The first-order valence-electron chi connectivity index (χ1n) is 5.41. The number of hydrogen-bond donors (Lipinski definition) is 0. The minimum absolute atomic E-state index is 0.530. The van der Waals surface area contributed by atoms with Crippen LogP contribution in [0.2, 0.25) is 5.15 Å². The highest BCUT2D eigenvalue weighted by atomic mass is 79.9. The zero-order valence-corrected chi connectivity index (χ0v) is 12.0. The lowest BCUT2D eigenvalue weighted by Gasteiger charge is -2.08. The Morgan fingerprint density at radius 1 is 1.24 bits per heavy atom. The summed E-state index contributed by atoms with van der Waals surface area (Å²) in [5, 5.41) is 0.530. The smallest absolute Gasteiger partial charge is 0.162 e. The van der Waals surface area contributed by atoms with Gasteiger partial charge < -0.3 is 0 Å². The van der Waals surface area contributed by atoms with Crippen LogP contribution < -0.4 is 0 Å². The molecule has 2 nitrogen and oxygen atoms in total. The van der Waals surface area contributed by atoms with E-state index >= 15 is 0 Å². The number of halogens is 2. The molecule has 0 spiro atoms. The maximum atomic E-state index is 6.13. The predicted molar refractivity (Wildman–Crippen MR) is 74.3 cm³/mol. The monoisotopic (exact) mass is 310 g/mol. The van der Waals surface area contributed by atoms with E-state index < -0.39 is 0 Å². The van der Waals surface area contributed by atoms with Crippen LogP contribution >= 0.6 is 27.5 Å². The maximum absolute atomic E-state index is 6.13. The second kappa shape index (κ2) is 5.15. The van der Waals surface area contributed by atoms with Crippen LogP contribution in [-0.2, 0) is 6.42 Å². The summed E-state index contributed by atoms with van der Waals surface area (Å²) in [5.74, 6) is 0.671. The Kier molecular flexibility index (Phi) is 3.79. The first-order chi connectivity index (χ1) is 8.13. The van der Waals surface area contributed by atoms with Gasteiger partial charge in [0.2, 0.25) is 0 Å². The van der Waals surface area contributed by atoms with Crippen molar-refractivity contribution in [1.82, 2.24) is 9.97 Å². The second-order valence-electron chi connectivity index (χ2n) is 3.74. The van der Waals surface area contributed by atoms with Gasteiger partial charge >= 0.3 is 0 Å². The number of hydrogen-bond acceptors (Lipinski definition) is 2. The highest BCUT2D eigenvalue weighted by Gasteiger charge is 2.11. The molecule has 0 saturated heterocycles. The van der Waals surface area contributed by atoms with Crippen molar-refractivity contribution in [2.45, 2.75) is 20.3 Å². The van der Waals surface area contributed by atoms with E-state index in [9.17, 15) is 0 Å². The molecule has 0 radical (unpaired) electrons. The van der Waals surface area contributed by atoms with Crippen molar-refractivity contribution in [3.63, 3.8) is 0 Å². The third kappa shape index (κ3) is 2.50. The van der Waals surface area contributed by atoms with Gasteiger partial charge in [-0.25, -0.2) is 9.97 Å². The number of rotatable bonds is 2. The Bertz CT molecular complexity index is 555. The summed E-state index contributed by atoms with van der Waals surface area (Å²) >= 11 is 9.63. The molecule has 0 amide bonds. The average molecular weight is 312 g/mol. The van der Waals surface area contributed by atoms with Gasteiger partial charge in [-0.3, -0.25) is 0 Å². The molecule has 0 aliphatic rings. The molecule has 2 aromatic rings. The van der Waals surface area contributed by atoms with Crippen LogP contribution in [0.15, 0.2) is 28.7 Å². The van der Waals surface area contributed by atoms with Crippen molar-refractivity contribution in [3.05, 3.63) is 45.1 Å². The van der Waals surface area contributed by atoms with Crippen molar-refractivity contribution in [3.8, 4) is 11.4 Å². The van der Waals surface area contributed by atoms with Crippen LogP contribution in [0.1, 0.15) is 18.2 Å². The normalized spacial score (nSPS) is 10.6. The van der Waals surface area contributed by atoms with E-state index in [1.165, 1.54) is 0 Å². The number of aromatic nitrogens is 2. The molecule has 4 heteroatoms. The van der Waals surface area contributed by atoms with Crippen LogP contribution in [-0.4, -0.2) is 9.97 Å². The largest absolute Gasteiger partial charge is 0.233 e. The van der Waals surface area contributed by atoms with Crippen LogP contribution in [0, 0.1) is 6.92 Å². The minimum atomic E-state index is 0.530. The standard InChI is InChI=1S/C13H12BrClN2/c1-3-11-8(2)12(15)17-13(16-11)9-6-4-5-7-10(9)14/h4-7H,3H2,1-2H3. The average Bonchev–Trinajstić information content (AvgIpc) is 2.33. The van der Waals surface area contributed by atoms with E-state index in [-0.39, 0.29) is 0 Å². The highest BCUT2D eigenvalue weighted by molar-refractivity contribution is 9.10. The molecular formula is C13H12BrClN2. The molecule has 1 aromatic heterocycles. The van der Waals surface area contributed by atoms with Crippen LogP contribution in [0.25, 0.3) is 11.4 Å². The zero-order valence-electron chi connectivity index (χ0n) is 9.67. The Labute approximate surface area is 114 Å². The van der Waals surface area contributed by atoms with Gasteiger partial charge in [0.05, 0.1) is 0 Å². The van der Waals surface area contributed by atoms with Crippen molar-refractivity contribution in [2.75, 3.05) is 0 Å². The van der Waals surface area contributed by atoms with E-state index in [0.29, 0.717) is 11.0 Å². The summed E-state index contributed by atoms with van der Waals surface area (Å²) in [7, 11) is 0. The molecule has 0 bridgehead atoms. The molecule has 0 fully saturated rings. The van der Waals surface area contributed by atoms with Crippen molar-refractivity contribution >= 4 is 27.5 Å². The summed E-state index contributed by atoms with van der Waals surface area (Å²) in [6, 6.07) is 7.87. The third-order valence-corrected chi connectivity index (χ3v) is 3.70. The molecule has 1 aromatic carbocycles. The van der Waals surface area contributed by atoms with E-state index in [1.807, 2.05) is 31.2 Å². The molecular weight excluding hydrogens is 300 g/mol. The number of aryl methyl sites for hydroxylation is 1. The molecule has 0 unspecified atom stereocenters. The summed E-state index contributed by atoms with van der Waals surface area (Å²) in [6.07, 6.45) is 0.853. The van der Waals surface area contributed by atoms with Gasteiger partial charge in [0.25, 0.3) is 0 Å². The summed E-state index contributed by atoms with van der Waals surface area (Å²) in [5.41, 5.74) is 2.92. The molecule has 0 aliphatic heterocycles. The molecule has 17 heavy (non-hydrogen) atoms. The summed E-state index contributed by atoms with van der Waals surface area (Å²) in [6.45, 7) is 4.01. The first kappa shape index (κ1) is 12.5. The second-order valence-corrected chi connectivity index (χ2v) is 4.96. The van der Waals surface area contributed by atoms with Gasteiger partial charge in [-0.1, -0.05) is 52.7 Å². The Balaban J connectivity index is 2.61. The number of nitrogens with zero attached hydrogens (tertiary/aromatic N) is 2. The quantitative estimate of drug-likeness (QED) is 0.767. The molecule has 1 heterocycles. The third-order valence-electron chi connectivity index (χ3n) is 2.64. The topological polar surface area (TPSA) is 25.8 Å². The minimum Gasteiger partial charge on any atom is -0.233 e. The SMILES string of the molecule is CCc1nc(-c2ccccc2Br)nc(Cl)c1C. The van der Waals surface area contributed by atoms with Gasteiger partial charge in [0.1, 0.15) is 5.15 Å².